The summed E-state index contributed by atoms with van der Waals surface area (Å²) in [7, 11) is -2.99. The van der Waals surface area contributed by atoms with Crippen molar-refractivity contribution in [2.75, 3.05) is 12.0 Å². The van der Waals surface area contributed by atoms with Gasteiger partial charge in [0, 0.05) is 19.2 Å². The summed E-state index contributed by atoms with van der Waals surface area (Å²) >= 11 is 0. The lowest BCUT2D eigenvalue weighted by atomic mass is 10.2. The van der Waals surface area contributed by atoms with Crippen LogP contribution in [0.5, 0.6) is 0 Å². The van der Waals surface area contributed by atoms with Crippen LogP contribution in [-0.2, 0) is 16.4 Å². The third kappa shape index (κ3) is 4.30. The monoisotopic (exact) mass is 258 g/mol. The molecule has 1 aromatic heterocycles. The SMILES string of the molecule is CCn1nc(C)cc1C(=O)CCCS(C)(=O)=O. The number of Topliss-reactive ketones (excluding diaryl/α,β-unsaturated/α-hetero) is 1. The lowest BCUT2D eigenvalue weighted by molar-refractivity contribution is 0.0971. The largest absolute Gasteiger partial charge is 0.292 e. The van der Waals surface area contributed by atoms with Gasteiger partial charge in [-0.25, -0.2) is 8.42 Å². The molecule has 0 saturated carbocycles. The molecule has 17 heavy (non-hydrogen) atoms. The predicted octanol–water partition coefficient (Wildman–Crippen LogP) is 1.22. The van der Waals surface area contributed by atoms with Crippen molar-refractivity contribution >= 4 is 15.6 Å². The zero-order valence-corrected chi connectivity index (χ0v) is 11.2. The molecule has 0 aliphatic carbocycles. The molecule has 1 aromatic rings. The zero-order valence-electron chi connectivity index (χ0n) is 10.4. The van der Waals surface area contributed by atoms with Crippen molar-refractivity contribution in [1.29, 1.82) is 0 Å². The maximum absolute atomic E-state index is 11.9. The van der Waals surface area contributed by atoms with E-state index >= 15 is 0 Å². The number of carbonyl (C=O) groups excluding carboxylic acids is 1. The molecule has 0 N–H and O–H groups in total. The van der Waals surface area contributed by atoms with E-state index in [2.05, 4.69) is 5.10 Å². The van der Waals surface area contributed by atoms with E-state index in [1.807, 2.05) is 13.8 Å². The molecule has 0 fully saturated rings. The van der Waals surface area contributed by atoms with E-state index in [0.717, 1.165) is 5.69 Å². The van der Waals surface area contributed by atoms with E-state index < -0.39 is 9.84 Å². The van der Waals surface area contributed by atoms with Crippen molar-refractivity contribution in [2.24, 2.45) is 0 Å². The third-order valence-corrected chi connectivity index (χ3v) is 3.44. The van der Waals surface area contributed by atoms with Crippen molar-refractivity contribution in [2.45, 2.75) is 33.2 Å². The molecule has 0 aromatic carbocycles. The van der Waals surface area contributed by atoms with Crippen LogP contribution in [-0.4, -0.2) is 36.0 Å². The van der Waals surface area contributed by atoms with E-state index in [0.29, 0.717) is 18.7 Å². The van der Waals surface area contributed by atoms with E-state index in [1.54, 1.807) is 10.7 Å². The van der Waals surface area contributed by atoms with Crippen LogP contribution in [0.4, 0.5) is 0 Å². The van der Waals surface area contributed by atoms with Crippen LogP contribution in [0.25, 0.3) is 0 Å². The summed E-state index contributed by atoms with van der Waals surface area (Å²) in [5, 5.41) is 4.18. The Bertz CT molecular complexity index is 503. The van der Waals surface area contributed by atoms with E-state index in [-0.39, 0.29) is 18.0 Å². The summed E-state index contributed by atoms with van der Waals surface area (Å²) in [4.78, 5) is 11.9. The molecule has 0 radical (unpaired) electrons. The number of sulfone groups is 1. The highest BCUT2D eigenvalue weighted by Gasteiger charge is 2.13. The minimum Gasteiger partial charge on any atom is -0.292 e. The van der Waals surface area contributed by atoms with Crippen LogP contribution < -0.4 is 0 Å². The molecular weight excluding hydrogens is 240 g/mol. The molecule has 0 spiro atoms. The molecule has 1 heterocycles. The number of hydrogen-bond donors (Lipinski definition) is 0. The summed E-state index contributed by atoms with van der Waals surface area (Å²) in [5.41, 5.74) is 1.37. The van der Waals surface area contributed by atoms with Crippen LogP contribution in [0.2, 0.25) is 0 Å². The molecule has 5 nitrogen and oxygen atoms in total. The van der Waals surface area contributed by atoms with Gasteiger partial charge in [-0.3, -0.25) is 9.48 Å². The van der Waals surface area contributed by atoms with Gasteiger partial charge in [0.1, 0.15) is 15.5 Å². The van der Waals surface area contributed by atoms with Gasteiger partial charge in [0.15, 0.2) is 5.78 Å². The molecule has 6 heteroatoms. The average molecular weight is 258 g/mol. The average Bonchev–Trinajstić information content (AvgIpc) is 2.57. The fourth-order valence-electron chi connectivity index (χ4n) is 1.63. The highest BCUT2D eigenvalue weighted by Crippen LogP contribution is 2.09. The Balaban J connectivity index is 2.64. The molecule has 0 unspecified atom stereocenters. The quantitative estimate of drug-likeness (QED) is 0.719. The fraction of sp³-hybridized carbons (Fsp3) is 0.636. The normalized spacial score (nSPS) is 11.7. The number of rotatable bonds is 6. The van der Waals surface area contributed by atoms with Gasteiger partial charge in [0.2, 0.25) is 0 Å². The summed E-state index contributed by atoms with van der Waals surface area (Å²) in [6.45, 7) is 4.39. The van der Waals surface area contributed by atoms with Gasteiger partial charge in [-0.2, -0.15) is 5.10 Å². The number of hydrogen-bond acceptors (Lipinski definition) is 4. The molecule has 1 rings (SSSR count). The van der Waals surface area contributed by atoms with Crippen LogP contribution in [0.15, 0.2) is 6.07 Å². The van der Waals surface area contributed by atoms with E-state index in [4.69, 9.17) is 0 Å². The second-order valence-corrected chi connectivity index (χ2v) is 6.40. The van der Waals surface area contributed by atoms with Gasteiger partial charge < -0.3 is 0 Å². The second-order valence-electron chi connectivity index (χ2n) is 4.14. The van der Waals surface area contributed by atoms with Crippen LogP contribution in [0.3, 0.4) is 0 Å². The van der Waals surface area contributed by atoms with Crippen LogP contribution in [0.1, 0.15) is 35.9 Å². The van der Waals surface area contributed by atoms with Crippen molar-refractivity contribution in [3.05, 3.63) is 17.5 Å². The Morgan fingerprint density at radius 2 is 2.12 bits per heavy atom. The summed E-state index contributed by atoms with van der Waals surface area (Å²) in [6.07, 6.45) is 1.79. The molecule has 0 aliphatic rings. The Labute approximate surface area is 102 Å². The number of aromatic nitrogens is 2. The summed E-state index contributed by atoms with van der Waals surface area (Å²) < 4.78 is 23.5. The predicted molar refractivity (Wildman–Crippen MR) is 65.9 cm³/mol. The smallest absolute Gasteiger partial charge is 0.180 e. The van der Waals surface area contributed by atoms with E-state index in [9.17, 15) is 13.2 Å². The van der Waals surface area contributed by atoms with Gasteiger partial charge in [0.05, 0.1) is 11.4 Å². The zero-order chi connectivity index (χ0) is 13.1. The first kappa shape index (κ1) is 13.9. The molecule has 96 valence electrons. The minimum atomic E-state index is -2.99. The minimum absolute atomic E-state index is 0.0453. The lowest BCUT2D eigenvalue weighted by Gasteiger charge is -2.03. The second kappa shape index (κ2) is 5.44. The summed E-state index contributed by atoms with van der Waals surface area (Å²) in [5.74, 6) is 0.00828. The Morgan fingerprint density at radius 1 is 1.47 bits per heavy atom. The first-order chi connectivity index (χ1) is 7.83. The van der Waals surface area contributed by atoms with Crippen molar-refractivity contribution < 1.29 is 13.2 Å². The molecule has 0 amide bonds. The van der Waals surface area contributed by atoms with Gasteiger partial charge >= 0.3 is 0 Å². The Kier molecular flexibility index (Phi) is 4.45. The number of ketones is 1. The van der Waals surface area contributed by atoms with Crippen molar-refractivity contribution in [1.82, 2.24) is 9.78 Å². The first-order valence-corrected chi connectivity index (χ1v) is 7.65. The standard InChI is InChI=1S/C11H18N2O3S/c1-4-13-10(8-9(2)12-13)11(14)6-5-7-17(3,15)16/h8H,4-7H2,1-3H3. The van der Waals surface area contributed by atoms with E-state index in [1.165, 1.54) is 6.26 Å². The lowest BCUT2D eigenvalue weighted by Crippen LogP contribution is -2.11. The number of aryl methyl sites for hydroxylation is 2. The van der Waals surface area contributed by atoms with Crippen molar-refractivity contribution in [3.8, 4) is 0 Å². The highest BCUT2D eigenvalue weighted by atomic mass is 32.2. The summed E-state index contributed by atoms with van der Waals surface area (Å²) in [6, 6.07) is 1.74. The maximum Gasteiger partial charge on any atom is 0.180 e. The number of carbonyl (C=O) groups is 1. The fourth-order valence-corrected chi connectivity index (χ4v) is 2.30. The van der Waals surface area contributed by atoms with Crippen molar-refractivity contribution in [3.63, 3.8) is 0 Å². The molecule has 0 atom stereocenters. The van der Waals surface area contributed by atoms with Crippen LogP contribution >= 0.6 is 0 Å². The third-order valence-electron chi connectivity index (χ3n) is 2.41. The number of nitrogens with zero attached hydrogens (tertiary/aromatic N) is 2. The van der Waals surface area contributed by atoms with Gasteiger partial charge in [-0.05, 0) is 26.3 Å². The van der Waals surface area contributed by atoms with Gasteiger partial charge in [0.25, 0.3) is 0 Å². The Hall–Kier alpha value is -1.17. The topological polar surface area (TPSA) is 69.0 Å². The van der Waals surface area contributed by atoms with Crippen LogP contribution in [0, 0.1) is 6.92 Å². The molecular formula is C11H18N2O3S. The van der Waals surface area contributed by atoms with Gasteiger partial charge in [-0.1, -0.05) is 0 Å². The molecule has 0 saturated heterocycles. The van der Waals surface area contributed by atoms with Gasteiger partial charge in [-0.15, -0.1) is 0 Å². The highest BCUT2D eigenvalue weighted by molar-refractivity contribution is 7.90. The Morgan fingerprint density at radius 3 is 2.65 bits per heavy atom. The first-order valence-electron chi connectivity index (χ1n) is 5.59. The maximum atomic E-state index is 11.9. The molecule has 0 bridgehead atoms. The molecule has 0 aliphatic heterocycles.